The van der Waals surface area contributed by atoms with Gasteiger partial charge in [0, 0.05) is 10.6 Å². The summed E-state index contributed by atoms with van der Waals surface area (Å²) < 4.78 is 0. The number of carbonyl (C=O) groups is 1. The Morgan fingerprint density at radius 1 is 1.35 bits per heavy atom. The zero-order chi connectivity index (χ0) is 13.2. The van der Waals surface area contributed by atoms with E-state index in [0.717, 1.165) is 5.56 Å². The molecule has 4 heteroatoms. The average molecular weight is 274 g/mol. The van der Waals surface area contributed by atoms with E-state index in [0.29, 0.717) is 10.6 Å². The van der Waals surface area contributed by atoms with Crippen LogP contribution in [0.3, 0.4) is 0 Å². The van der Waals surface area contributed by atoms with Gasteiger partial charge in [-0.25, -0.2) is 0 Å². The summed E-state index contributed by atoms with van der Waals surface area (Å²) in [5.74, 6) is -0.159. The van der Waals surface area contributed by atoms with Gasteiger partial charge in [-0.2, -0.15) is 0 Å². The van der Waals surface area contributed by atoms with Crippen LogP contribution in [0.5, 0.6) is 0 Å². The molecule has 0 aliphatic carbocycles. The molecule has 0 heterocycles. The Morgan fingerprint density at radius 3 is 2.41 bits per heavy atom. The van der Waals surface area contributed by atoms with Crippen molar-refractivity contribution in [1.82, 2.24) is 5.32 Å². The first kappa shape index (κ1) is 14.3. The summed E-state index contributed by atoms with van der Waals surface area (Å²) in [5.41, 5.74) is 1.05. The first-order valence-corrected chi connectivity index (χ1v) is 6.27. The summed E-state index contributed by atoms with van der Waals surface area (Å²) >= 11 is 11.9. The van der Waals surface area contributed by atoms with Gasteiger partial charge in [0.2, 0.25) is 0 Å². The third-order valence-electron chi connectivity index (χ3n) is 2.73. The smallest absolute Gasteiger partial charge is 0.251 e. The van der Waals surface area contributed by atoms with Crippen LogP contribution in [0.25, 0.3) is 0 Å². The number of carbonyl (C=O) groups excluding carboxylic acids is 1. The number of nitrogens with one attached hydrogen (secondary N) is 1. The summed E-state index contributed by atoms with van der Waals surface area (Å²) in [6.07, 6.45) is 0. The fraction of sp³-hybridized carbons (Fsp3) is 0.462. The van der Waals surface area contributed by atoms with Gasteiger partial charge >= 0.3 is 0 Å². The predicted octanol–water partition coefficient (Wildman–Crippen LogP) is 3.78. The molecule has 1 N–H and O–H groups in total. The minimum atomic E-state index is -0.463. The number of halogens is 2. The quantitative estimate of drug-likeness (QED) is 0.835. The first-order valence-electron chi connectivity index (χ1n) is 5.46. The van der Waals surface area contributed by atoms with E-state index in [-0.39, 0.29) is 11.3 Å². The van der Waals surface area contributed by atoms with Crippen LogP contribution in [0.4, 0.5) is 0 Å². The van der Waals surface area contributed by atoms with E-state index < -0.39 is 5.54 Å². The molecular weight excluding hydrogens is 257 g/mol. The molecule has 1 amide bonds. The minimum Gasteiger partial charge on any atom is -0.346 e. The van der Waals surface area contributed by atoms with E-state index >= 15 is 0 Å². The summed E-state index contributed by atoms with van der Waals surface area (Å²) in [4.78, 5) is 12.0. The van der Waals surface area contributed by atoms with Crippen LogP contribution >= 0.6 is 23.2 Å². The van der Waals surface area contributed by atoms with Crippen molar-refractivity contribution in [3.8, 4) is 0 Å². The molecule has 0 aromatic heterocycles. The molecular formula is C13H17Cl2NO. The van der Waals surface area contributed by atoms with Crippen molar-refractivity contribution in [3.63, 3.8) is 0 Å². The third kappa shape index (κ3) is 3.90. The van der Waals surface area contributed by atoms with Crippen molar-refractivity contribution in [2.24, 2.45) is 0 Å². The van der Waals surface area contributed by atoms with Gasteiger partial charge in [-0.3, -0.25) is 4.79 Å². The van der Waals surface area contributed by atoms with Crippen molar-refractivity contribution in [2.45, 2.75) is 38.6 Å². The van der Waals surface area contributed by atoms with Gasteiger partial charge < -0.3 is 5.32 Å². The normalized spacial score (nSPS) is 13.3. The Morgan fingerprint density at radius 2 is 1.94 bits per heavy atom. The Balaban J connectivity index is 2.91. The molecule has 2 nitrogen and oxygen atoms in total. The zero-order valence-corrected chi connectivity index (χ0v) is 12.0. The summed E-state index contributed by atoms with van der Waals surface area (Å²) in [7, 11) is 0. The maximum Gasteiger partial charge on any atom is 0.251 e. The van der Waals surface area contributed by atoms with Gasteiger partial charge in [0.05, 0.1) is 10.9 Å². The number of amides is 1. The molecule has 94 valence electrons. The van der Waals surface area contributed by atoms with Gasteiger partial charge in [-0.05, 0) is 51.5 Å². The molecule has 1 unspecified atom stereocenters. The van der Waals surface area contributed by atoms with Crippen LogP contribution in [0, 0.1) is 6.92 Å². The van der Waals surface area contributed by atoms with E-state index in [9.17, 15) is 4.79 Å². The summed E-state index contributed by atoms with van der Waals surface area (Å²) in [6, 6.07) is 5.27. The molecule has 1 aromatic carbocycles. The number of hydrogen-bond donors (Lipinski definition) is 1. The lowest BCUT2D eigenvalue weighted by Gasteiger charge is -2.29. The van der Waals surface area contributed by atoms with Crippen molar-refractivity contribution in [3.05, 3.63) is 34.3 Å². The molecule has 0 radical (unpaired) electrons. The van der Waals surface area contributed by atoms with Gasteiger partial charge in [0.15, 0.2) is 0 Å². The number of benzene rings is 1. The molecule has 1 aromatic rings. The molecule has 0 saturated heterocycles. The largest absolute Gasteiger partial charge is 0.346 e. The molecule has 0 saturated carbocycles. The monoisotopic (exact) mass is 273 g/mol. The molecule has 0 bridgehead atoms. The Kier molecular flexibility index (Phi) is 4.45. The second kappa shape index (κ2) is 5.28. The maximum atomic E-state index is 12.0. The molecule has 1 atom stereocenters. The highest BCUT2D eigenvalue weighted by Gasteiger charge is 2.26. The lowest BCUT2D eigenvalue weighted by Crippen LogP contribution is -2.49. The summed E-state index contributed by atoms with van der Waals surface area (Å²) in [5, 5.41) is 3.30. The number of alkyl halides is 1. The van der Waals surface area contributed by atoms with Gasteiger partial charge in [0.25, 0.3) is 5.91 Å². The lowest BCUT2D eigenvalue weighted by atomic mass is 10.0. The molecule has 0 aliphatic heterocycles. The Labute approximate surface area is 112 Å². The maximum absolute atomic E-state index is 12.0. The highest BCUT2D eigenvalue weighted by Crippen LogP contribution is 2.18. The van der Waals surface area contributed by atoms with Crippen LogP contribution in [0.2, 0.25) is 5.02 Å². The molecule has 1 rings (SSSR count). The van der Waals surface area contributed by atoms with Gasteiger partial charge in [-0.1, -0.05) is 11.6 Å². The van der Waals surface area contributed by atoms with Crippen LogP contribution < -0.4 is 5.32 Å². The highest BCUT2D eigenvalue weighted by atomic mass is 35.5. The van der Waals surface area contributed by atoms with Gasteiger partial charge in [0.1, 0.15) is 0 Å². The lowest BCUT2D eigenvalue weighted by molar-refractivity contribution is 0.0912. The van der Waals surface area contributed by atoms with Crippen molar-refractivity contribution >= 4 is 29.1 Å². The second-order valence-corrected chi connectivity index (χ2v) is 5.90. The van der Waals surface area contributed by atoms with Crippen LogP contribution in [-0.4, -0.2) is 16.8 Å². The third-order valence-corrected chi connectivity index (χ3v) is 3.50. The van der Waals surface area contributed by atoms with Gasteiger partial charge in [-0.15, -0.1) is 11.6 Å². The molecule has 17 heavy (non-hydrogen) atoms. The topological polar surface area (TPSA) is 29.1 Å². The standard InChI is InChI=1S/C13H17Cl2NO/c1-8-5-10(7-11(15)6-8)12(17)16-13(3,4)9(2)14/h5-7,9H,1-4H3,(H,16,17). The number of aryl methyl sites for hydroxylation is 1. The predicted molar refractivity (Wildman–Crippen MR) is 73.0 cm³/mol. The van der Waals surface area contributed by atoms with E-state index in [4.69, 9.17) is 23.2 Å². The molecule has 0 fully saturated rings. The van der Waals surface area contributed by atoms with Crippen LogP contribution in [-0.2, 0) is 0 Å². The molecule has 0 spiro atoms. The van der Waals surface area contributed by atoms with E-state index in [1.807, 2.05) is 33.8 Å². The Hall–Kier alpha value is -0.730. The zero-order valence-electron chi connectivity index (χ0n) is 10.5. The van der Waals surface area contributed by atoms with E-state index in [1.54, 1.807) is 12.1 Å². The van der Waals surface area contributed by atoms with Crippen molar-refractivity contribution in [1.29, 1.82) is 0 Å². The van der Waals surface area contributed by atoms with Crippen LogP contribution in [0.1, 0.15) is 36.7 Å². The second-order valence-electron chi connectivity index (χ2n) is 4.81. The Bertz CT molecular complexity index is 407. The van der Waals surface area contributed by atoms with Crippen LogP contribution in [0.15, 0.2) is 18.2 Å². The van der Waals surface area contributed by atoms with Crippen molar-refractivity contribution < 1.29 is 4.79 Å². The summed E-state index contributed by atoms with van der Waals surface area (Å²) in [6.45, 7) is 7.53. The number of rotatable bonds is 3. The van der Waals surface area contributed by atoms with Crippen molar-refractivity contribution in [2.75, 3.05) is 0 Å². The minimum absolute atomic E-state index is 0.159. The van der Waals surface area contributed by atoms with E-state index in [1.165, 1.54) is 0 Å². The fourth-order valence-corrected chi connectivity index (χ4v) is 1.68. The SMILES string of the molecule is Cc1cc(Cl)cc(C(=O)NC(C)(C)C(C)Cl)c1. The highest BCUT2D eigenvalue weighted by molar-refractivity contribution is 6.31. The average Bonchev–Trinajstić information content (AvgIpc) is 2.15. The van der Waals surface area contributed by atoms with E-state index in [2.05, 4.69) is 5.32 Å². The molecule has 0 aliphatic rings. The fourth-order valence-electron chi connectivity index (χ4n) is 1.33. The number of hydrogen-bond acceptors (Lipinski definition) is 1. The first-order chi connectivity index (χ1) is 7.72.